The molecular formula is C12H20O3. The zero-order valence-corrected chi connectivity index (χ0v) is 9.46. The first-order chi connectivity index (χ1) is 7.22. The van der Waals surface area contributed by atoms with Crippen LogP contribution in [-0.4, -0.2) is 24.8 Å². The highest BCUT2D eigenvalue weighted by molar-refractivity contribution is 5.81. The summed E-state index contributed by atoms with van der Waals surface area (Å²) in [4.78, 5) is 10.7. The van der Waals surface area contributed by atoms with Gasteiger partial charge in [0.25, 0.3) is 0 Å². The molecule has 1 aliphatic rings. The van der Waals surface area contributed by atoms with Crippen molar-refractivity contribution < 1.29 is 14.3 Å². The second-order valence-electron chi connectivity index (χ2n) is 3.96. The van der Waals surface area contributed by atoms with Gasteiger partial charge in [0.15, 0.2) is 0 Å². The van der Waals surface area contributed by atoms with E-state index in [1.54, 1.807) is 0 Å². The molecule has 0 aromatic heterocycles. The van der Waals surface area contributed by atoms with E-state index in [4.69, 9.17) is 9.47 Å². The van der Waals surface area contributed by atoms with E-state index >= 15 is 0 Å². The predicted molar refractivity (Wildman–Crippen MR) is 58.6 cm³/mol. The van der Waals surface area contributed by atoms with E-state index in [0.29, 0.717) is 6.61 Å². The second kappa shape index (κ2) is 5.91. The Hall–Kier alpha value is -0.830. The molecule has 0 amide bonds. The van der Waals surface area contributed by atoms with Crippen molar-refractivity contribution >= 4 is 5.97 Å². The molecule has 0 N–H and O–H groups in total. The average molecular weight is 212 g/mol. The summed E-state index contributed by atoms with van der Waals surface area (Å²) in [6.45, 7) is 6.90. The summed E-state index contributed by atoms with van der Waals surface area (Å²) in [6, 6.07) is 0. The van der Waals surface area contributed by atoms with E-state index in [9.17, 15) is 4.79 Å². The molecule has 0 aliphatic carbocycles. The summed E-state index contributed by atoms with van der Waals surface area (Å²) in [5.74, 6) is -0.333. The first-order valence-electron chi connectivity index (χ1n) is 5.65. The van der Waals surface area contributed by atoms with Crippen LogP contribution in [0.2, 0.25) is 0 Å². The third-order valence-electron chi connectivity index (χ3n) is 3.05. The molecule has 1 unspecified atom stereocenters. The van der Waals surface area contributed by atoms with Crippen molar-refractivity contribution in [3.63, 3.8) is 0 Å². The van der Waals surface area contributed by atoms with E-state index in [1.807, 2.05) is 0 Å². The Morgan fingerprint density at radius 1 is 1.60 bits per heavy atom. The van der Waals surface area contributed by atoms with E-state index in [2.05, 4.69) is 13.5 Å². The van der Waals surface area contributed by atoms with Crippen LogP contribution < -0.4 is 0 Å². The van der Waals surface area contributed by atoms with Gasteiger partial charge in [-0.05, 0) is 32.1 Å². The number of unbranched alkanes of at least 4 members (excludes halogenated alkanes) is 1. The lowest BCUT2D eigenvalue weighted by molar-refractivity contribution is -0.154. The molecule has 1 rings (SSSR count). The Labute approximate surface area is 91.4 Å². The topological polar surface area (TPSA) is 35.5 Å². The highest BCUT2D eigenvalue weighted by Crippen LogP contribution is 2.34. The van der Waals surface area contributed by atoms with Gasteiger partial charge < -0.3 is 9.47 Å². The molecular weight excluding hydrogens is 192 g/mol. The van der Waals surface area contributed by atoms with Crippen LogP contribution in [0.25, 0.3) is 0 Å². The van der Waals surface area contributed by atoms with Crippen LogP contribution in [0.1, 0.15) is 39.0 Å². The first-order valence-corrected chi connectivity index (χ1v) is 5.65. The Balaban J connectivity index is 2.01. The summed E-state index contributed by atoms with van der Waals surface area (Å²) >= 11 is 0. The predicted octanol–water partition coefficient (Wildman–Crippen LogP) is 2.46. The number of carbonyl (C=O) groups excluding carboxylic acids is 1. The molecule has 0 saturated carbocycles. The van der Waals surface area contributed by atoms with Crippen LogP contribution in [0.5, 0.6) is 0 Å². The molecule has 3 heteroatoms. The van der Waals surface area contributed by atoms with Crippen LogP contribution >= 0.6 is 0 Å². The van der Waals surface area contributed by atoms with Gasteiger partial charge in [-0.1, -0.05) is 13.5 Å². The fourth-order valence-corrected chi connectivity index (χ4v) is 1.82. The molecule has 1 aliphatic heterocycles. The third kappa shape index (κ3) is 3.67. The molecule has 0 bridgehead atoms. The van der Waals surface area contributed by atoms with Crippen molar-refractivity contribution in [2.24, 2.45) is 0 Å². The minimum atomic E-state index is -0.333. The molecule has 1 heterocycles. The standard InChI is InChI=1S/C12H20O3/c1-3-11(13)14-9-6-5-7-12(4-2)8-10-15-12/h3H,1,4-10H2,2H3. The van der Waals surface area contributed by atoms with E-state index in [-0.39, 0.29) is 11.6 Å². The number of hydrogen-bond acceptors (Lipinski definition) is 3. The van der Waals surface area contributed by atoms with E-state index in [0.717, 1.165) is 32.3 Å². The lowest BCUT2D eigenvalue weighted by atomic mass is 9.86. The lowest BCUT2D eigenvalue weighted by Crippen LogP contribution is -2.42. The van der Waals surface area contributed by atoms with Gasteiger partial charge in [0.1, 0.15) is 0 Å². The zero-order valence-electron chi connectivity index (χ0n) is 9.46. The van der Waals surface area contributed by atoms with Crippen molar-refractivity contribution in [3.8, 4) is 0 Å². The fourth-order valence-electron chi connectivity index (χ4n) is 1.82. The molecule has 0 spiro atoms. The summed E-state index contributed by atoms with van der Waals surface area (Å²) in [7, 11) is 0. The molecule has 15 heavy (non-hydrogen) atoms. The minimum Gasteiger partial charge on any atom is -0.463 e. The highest BCUT2D eigenvalue weighted by Gasteiger charge is 2.35. The van der Waals surface area contributed by atoms with Gasteiger partial charge in [-0.2, -0.15) is 0 Å². The van der Waals surface area contributed by atoms with Crippen molar-refractivity contribution in [3.05, 3.63) is 12.7 Å². The van der Waals surface area contributed by atoms with Crippen molar-refractivity contribution in [2.45, 2.75) is 44.6 Å². The van der Waals surface area contributed by atoms with Gasteiger partial charge >= 0.3 is 5.97 Å². The maximum atomic E-state index is 10.7. The van der Waals surface area contributed by atoms with Crippen molar-refractivity contribution in [1.82, 2.24) is 0 Å². The van der Waals surface area contributed by atoms with Crippen molar-refractivity contribution in [2.75, 3.05) is 13.2 Å². The normalized spacial score (nSPS) is 24.3. The number of rotatable bonds is 7. The van der Waals surface area contributed by atoms with Crippen LogP contribution in [0.15, 0.2) is 12.7 Å². The second-order valence-corrected chi connectivity index (χ2v) is 3.96. The van der Waals surface area contributed by atoms with Crippen LogP contribution in [0.4, 0.5) is 0 Å². The molecule has 0 radical (unpaired) electrons. The Kier molecular flexibility index (Phi) is 4.82. The average Bonchev–Trinajstić information content (AvgIpc) is 2.20. The molecule has 1 saturated heterocycles. The van der Waals surface area contributed by atoms with Crippen LogP contribution in [0.3, 0.4) is 0 Å². The molecule has 3 nitrogen and oxygen atoms in total. The lowest BCUT2D eigenvalue weighted by Gasteiger charge is -2.41. The number of hydrogen-bond donors (Lipinski definition) is 0. The molecule has 1 atom stereocenters. The molecule has 0 aromatic rings. The van der Waals surface area contributed by atoms with Gasteiger partial charge in [0, 0.05) is 6.08 Å². The maximum Gasteiger partial charge on any atom is 0.330 e. The van der Waals surface area contributed by atoms with E-state index < -0.39 is 0 Å². The van der Waals surface area contributed by atoms with Gasteiger partial charge in [0.2, 0.25) is 0 Å². The fraction of sp³-hybridized carbons (Fsp3) is 0.750. The quantitative estimate of drug-likeness (QED) is 0.369. The number of ether oxygens (including phenoxy) is 2. The number of carbonyl (C=O) groups is 1. The Bertz CT molecular complexity index is 213. The Morgan fingerprint density at radius 2 is 2.33 bits per heavy atom. The summed E-state index contributed by atoms with van der Waals surface area (Å²) in [6.07, 6.45) is 6.50. The van der Waals surface area contributed by atoms with Gasteiger partial charge in [-0.3, -0.25) is 0 Å². The Morgan fingerprint density at radius 3 is 2.80 bits per heavy atom. The summed E-state index contributed by atoms with van der Waals surface area (Å²) in [5.41, 5.74) is 0.141. The molecule has 86 valence electrons. The van der Waals surface area contributed by atoms with Gasteiger partial charge in [0.05, 0.1) is 18.8 Å². The molecule has 1 fully saturated rings. The SMILES string of the molecule is C=CC(=O)OCCCCC1(CC)CCO1. The maximum absolute atomic E-state index is 10.7. The molecule has 0 aromatic carbocycles. The van der Waals surface area contributed by atoms with Gasteiger partial charge in [-0.25, -0.2) is 4.79 Å². The zero-order chi connectivity index (χ0) is 11.1. The largest absolute Gasteiger partial charge is 0.463 e. The number of esters is 1. The first kappa shape index (κ1) is 12.2. The van der Waals surface area contributed by atoms with Crippen molar-refractivity contribution in [1.29, 1.82) is 0 Å². The third-order valence-corrected chi connectivity index (χ3v) is 3.05. The van der Waals surface area contributed by atoms with Gasteiger partial charge in [-0.15, -0.1) is 0 Å². The summed E-state index contributed by atoms with van der Waals surface area (Å²) < 4.78 is 10.5. The van der Waals surface area contributed by atoms with Crippen LogP contribution in [0, 0.1) is 0 Å². The minimum absolute atomic E-state index is 0.141. The smallest absolute Gasteiger partial charge is 0.330 e. The van der Waals surface area contributed by atoms with E-state index in [1.165, 1.54) is 12.5 Å². The monoisotopic (exact) mass is 212 g/mol. The van der Waals surface area contributed by atoms with Crippen LogP contribution in [-0.2, 0) is 14.3 Å². The summed E-state index contributed by atoms with van der Waals surface area (Å²) in [5, 5.41) is 0. The highest BCUT2D eigenvalue weighted by atomic mass is 16.5.